The number of nitrogen functional groups attached to an aromatic ring is 1. The average Bonchev–Trinajstić information content (AvgIpc) is 2.80. The molecule has 1 heterocycles. The van der Waals surface area contributed by atoms with Crippen LogP contribution < -0.4 is 5.73 Å². The van der Waals surface area contributed by atoms with E-state index in [2.05, 4.69) is 15.5 Å². The van der Waals surface area contributed by atoms with E-state index in [0.717, 1.165) is 6.42 Å². The summed E-state index contributed by atoms with van der Waals surface area (Å²) >= 11 is 0. The highest BCUT2D eigenvalue weighted by atomic mass is 19.1. The quantitative estimate of drug-likeness (QED) is 0.826. The zero-order valence-corrected chi connectivity index (χ0v) is 9.76. The first-order valence-corrected chi connectivity index (χ1v) is 5.46. The van der Waals surface area contributed by atoms with E-state index in [1.54, 1.807) is 10.7 Å². The minimum Gasteiger partial charge on any atom is -0.396 e. The number of hydrogen-bond acceptors (Lipinski definition) is 4. The molecule has 90 valence electrons. The van der Waals surface area contributed by atoms with E-state index in [4.69, 9.17) is 5.73 Å². The van der Waals surface area contributed by atoms with Gasteiger partial charge in [0.2, 0.25) is 0 Å². The summed E-state index contributed by atoms with van der Waals surface area (Å²) in [5, 5.41) is 11.5. The largest absolute Gasteiger partial charge is 0.396 e. The van der Waals surface area contributed by atoms with Gasteiger partial charge in [-0.2, -0.15) is 0 Å². The first kappa shape index (κ1) is 11.5. The van der Waals surface area contributed by atoms with Crippen LogP contribution in [0.15, 0.2) is 18.2 Å². The predicted octanol–water partition coefficient (Wildman–Crippen LogP) is 2.03. The Bertz CT molecular complexity index is 522. The van der Waals surface area contributed by atoms with Crippen LogP contribution in [0.1, 0.15) is 26.3 Å². The third-order valence-corrected chi connectivity index (χ3v) is 2.76. The lowest BCUT2D eigenvalue weighted by molar-refractivity contribution is 0.468. The molecule has 0 bridgehead atoms. The van der Waals surface area contributed by atoms with Crippen molar-refractivity contribution in [3.05, 3.63) is 24.0 Å². The molecule has 6 heteroatoms. The van der Waals surface area contributed by atoms with Gasteiger partial charge in [-0.25, -0.2) is 9.07 Å². The number of hydrogen-bond donors (Lipinski definition) is 1. The van der Waals surface area contributed by atoms with Crippen LogP contribution in [-0.2, 0) is 0 Å². The summed E-state index contributed by atoms with van der Waals surface area (Å²) in [6.45, 7) is 4.05. The second kappa shape index (κ2) is 4.48. The molecular formula is C11H14FN5. The Labute approximate surface area is 98.4 Å². The smallest absolute Gasteiger partial charge is 0.182 e. The number of benzene rings is 1. The molecule has 0 aliphatic heterocycles. The summed E-state index contributed by atoms with van der Waals surface area (Å²) < 4.78 is 15.1. The first-order valence-electron chi connectivity index (χ1n) is 5.46. The maximum absolute atomic E-state index is 13.4. The average molecular weight is 235 g/mol. The minimum atomic E-state index is -0.457. The molecule has 0 fully saturated rings. The third-order valence-electron chi connectivity index (χ3n) is 2.76. The monoisotopic (exact) mass is 235 g/mol. The molecule has 5 nitrogen and oxygen atoms in total. The fraction of sp³-hybridized carbons (Fsp3) is 0.364. The Morgan fingerprint density at radius 1 is 1.47 bits per heavy atom. The van der Waals surface area contributed by atoms with E-state index in [-0.39, 0.29) is 11.7 Å². The van der Waals surface area contributed by atoms with Crippen molar-refractivity contribution in [3.8, 4) is 11.4 Å². The fourth-order valence-corrected chi connectivity index (χ4v) is 1.52. The number of nitrogens with two attached hydrogens (primary N) is 1. The molecular weight excluding hydrogens is 221 g/mol. The summed E-state index contributed by atoms with van der Waals surface area (Å²) in [4.78, 5) is 0. The van der Waals surface area contributed by atoms with Gasteiger partial charge in [0.25, 0.3) is 0 Å². The van der Waals surface area contributed by atoms with E-state index >= 15 is 0 Å². The molecule has 2 aromatic rings. The van der Waals surface area contributed by atoms with Crippen molar-refractivity contribution < 1.29 is 4.39 Å². The number of halogens is 1. The molecule has 0 amide bonds. The highest BCUT2D eigenvalue weighted by molar-refractivity contribution is 5.59. The van der Waals surface area contributed by atoms with Crippen molar-refractivity contribution in [1.29, 1.82) is 0 Å². The van der Waals surface area contributed by atoms with Gasteiger partial charge in [-0.15, -0.1) is 5.10 Å². The van der Waals surface area contributed by atoms with Crippen molar-refractivity contribution in [2.45, 2.75) is 26.3 Å². The van der Waals surface area contributed by atoms with Crippen LogP contribution in [0.3, 0.4) is 0 Å². The Balaban J connectivity index is 2.46. The molecule has 2 rings (SSSR count). The van der Waals surface area contributed by atoms with Crippen molar-refractivity contribution in [3.63, 3.8) is 0 Å². The lowest BCUT2D eigenvalue weighted by Crippen LogP contribution is -2.08. The van der Waals surface area contributed by atoms with Gasteiger partial charge in [0.1, 0.15) is 5.82 Å². The van der Waals surface area contributed by atoms with Crippen LogP contribution in [0.25, 0.3) is 11.4 Å². The molecule has 0 aliphatic carbocycles. The summed E-state index contributed by atoms with van der Waals surface area (Å²) in [7, 11) is 0. The summed E-state index contributed by atoms with van der Waals surface area (Å²) in [6, 6.07) is 4.74. The van der Waals surface area contributed by atoms with E-state index < -0.39 is 5.82 Å². The van der Waals surface area contributed by atoms with Gasteiger partial charge in [0, 0.05) is 5.56 Å². The highest BCUT2D eigenvalue weighted by Crippen LogP contribution is 2.23. The van der Waals surface area contributed by atoms with Crippen molar-refractivity contribution >= 4 is 5.69 Å². The van der Waals surface area contributed by atoms with Gasteiger partial charge in [-0.05, 0) is 42.0 Å². The van der Waals surface area contributed by atoms with Gasteiger partial charge < -0.3 is 5.73 Å². The van der Waals surface area contributed by atoms with Crippen molar-refractivity contribution in [2.75, 3.05) is 5.73 Å². The molecule has 0 radical (unpaired) electrons. The normalized spacial score (nSPS) is 12.6. The number of aromatic nitrogens is 4. The number of anilines is 1. The standard InChI is InChI=1S/C11H14FN5/c1-3-7(2)17-11(14-15-16-17)8-4-5-10(13)9(12)6-8/h4-7H,3,13H2,1-2H3. The molecule has 2 N–H and O–H groups in total. The Morgan fingerprint density at radius 2 is 2.24 bits per heavy atom. The summed E-state index contributed by atoms with van der Waals surface area (Å²) in [5.74, 6) is 0.0967. The molecule has 0 saturated carbocycles. The SMILES string of the molecule is CCC(C)n1nnnc1-c1ccc(N)c(F)c1. The molecule has 1 aromatic heterocycles. The maximum atomic E-state index is 13.4. The lowest BCUT2D eigenvalue weighted by Gasteiger charge is -2.10. The molecule has 0 saturated heterocycles. The Hall–Kier alpha value is -1.98. The van der Waals surface area contributed by atoms with E-state index in [9.17, 15) is 4.39 Å². The topological polar surface area (TPSA) is 69.6 Å². The first-order chi connectivity index (χ1) is 8.13. The number of rotatable bonds is 3. The summed E-state index contributed by atoms with van der Waals surface area (Å²) in [6.07, 6.45) is 0.898. The molecule has 17 heavy (non-hydrogen) atoms. The maximum Gasteiger partial charge on any atom is 0.182 e. The van der Waals surface area contributed by atoms with Crippen LogP contribution in [0.5, 0.6) is 0 Å². The van der Waals surface area contributed by atoms with Gasteiger partial charge >= 0.3 is 0 Å². The van der Waals surface area contributed by atoms with Gasteiger partial charge in [0.15, 0.2) is 5.82 Å². The Kier molecular flexibility index (Phi) is 3.03. The Morgan fingerprint density at radius 3 is 2.88 bits per heavy atom. The van der Waals surface area contributed by atoms with Crippen LogP contribution in [0, 0.1) is 5.82 Å². The summed E-state index contributed by atoms with van der Waals surface area (Å²) in [5.41, 5.74) is 6.18. The minimum absolute atomic E-state index is 0.122. The molecule has 1 unspecified atom stereocenters. The lowest BCUT2D eigenvalue weighted by atomic mass is 10.1. The second-order valence-corrected chi connectivity index (χ2v) is 3.94. The van der Waals surface area contributed by atoms with Crippen LogP contribution in [0.2, 0.25) is 0 Å². The van der Waals surface area contributed by atoms with Crippen LogP contribution >= 0.6 is 0 Å². The molecule has 1 atom stereocenters. The fourth-order valence-electron chi connectivity index (χ4n) is 1.52. The van der Waals surface area contributed by atoms with Gasteiger partial charge in [-0.3, -0.25) is 0 Å². The van der Waals surface area contributed by atoms with Crippen LogP contribution in [-0.4, -0.2) is 20.2 Å². The molecule has 1 aromatic carbocycles. The van der Waals surface area contributed by atoms with Gasteiger partial charge in [0.05, 0.1) is 11.7 Å². The second-order valence-electron chi connectivity index (χ2n) is 3.94. The van der Waals surface area contributed by atoms with E-state index in [0.29, 0.717) is 11.4 Å². The number of nitrogens with zero attached hydrogens (tertiary/aromatic N) is 4. The predicted molar refractivity (Wildman–Crippen MR) is 62.6 cm³/mol. The van der Waals surface area contributed by atoms with E-state index in [1.807, 2.05) is 13.8 Å². The number of tetrazole rings is 1. The van der Waals surface area contributed by atoms with Crippen molar-refractivity contribution in [1.82, 2.24) is 20.2 Å². The highest BCUT2D eigenvalue weighted by Gasteiger charge is 2.14. The molecule has 0 spiro atoms. The molecule has 0 aliphatic rings. The zero-order chi connectivity index (χ0) is 12.4. The van der Waals surface area contributed by atoms with Crippen LogP contribution in [0.4, 0.5) is 10.1 Å². The van der Waals surface area contributed by atoms with Gasteiger partial charge in [-0.1, -0.05) is 6.92 Å². The van der Waals surface area contributed by atoms with Crippen molar-refractivity contribution in [2.24, 2.45) is 0 Å². The van der Waals surface area contributed by atoms with E-state index in [1.165, 1.54) is 12.1 Å². The zero-order valence-electron chi connectivity index (χ0n) is 9.76. The third kappa shape index (κ3) is 2.11.